The van der Waals surface area contributed by atoms with Crippen LogP contribution >= 0.6 is 0 Å². The van der Waals surface area contributed by atoms with Gasteiger partial charge >= 0.3 is 5.97 Å². The predicted molar refractivity (Wildman–Crippen MR) is 62.7 cm³/mol. The molecule has 0 aliphatic rings. The van der Waals surface area contributed by atoms with Gasteiger partial charge in [-0.1, -0.05) is 23.8 Å². The molecule has 3 heteroatoms. The van der Waals surface area contributed by atoms with Crippen LogP contribution in [0.3, 0.4) is 0 Å². The van der Waals surface area contributed by atoms with E-state index >= 15 is 0 Å². The molecule has 1 rings (SSSR count). The zero-order valence-electron chi connectivity index (χ0n) is 9.99. The van der Waals surface area contributed by atoms with Crippen LogP contribution in [0.2, 0.25) is 0 Å². The molecule has 0 aromatic heterocycles. The van der Waals surface area contributed by atoms with Crippen LogP contribution in [0.15, 0.2) is 18.2 Å². The Morgan fingerprint density at radius 2 is 2.12 bits per heavy atom. The first-order valence-electron chi connectivity index (χ1n) is 5.45. The second-order valence-corrected chi connectivity index (χ2v) is 3.92. The van der Waals surface area contributed by atoms with Gasteiger partial charge in [-0.15, -0.1) is 0 Å². The van der Waals surface area contributed by atoms with Crippen LogP contribution in [0.5, 0.6) is 0 Å². The van der Waals surface area contributed by atoms with Crippen LogP contribution in [-0.4, -0.2) is 23.8 Å². The van der Waals surface area contributed by atoms with Crippen molar-refractivity contribution in [1.29, 1.82) is 0 Å². The van der Waals surface area contributed by atoms with Crippen molar-refractivity contribution in [2.24, 2.45) is 0 Å². The fraction of sp³-hybridized carbons (Fsp3) is 0.462. The Morgan fingerprint density at radius 1 is 1.44 bits per heavy atom. The van der Waals surface area contributed by atoms with Crippen molar-refractivity contribution < 1.29 is 14.6 Å². The van der Waals surface area contributed by atoms with E-state index in [1.165, 1.54) is 0 Å². The second kappa shape index (κ2) is 5.66. The molecular weight excluding hydrogens is 204 g/mol. The minimum atomic E-state index is -0.900. The van der Waals surface area contributed by atoms with Crippen molar-refractivity contribution in [3.05, 3.63) is 34.9 Å². The lowest BCUT2D eigenvalue weighted by Gasteiger charge is -2.14. The highest BCUT2D eigenvalue weighted by molar-refractivity contribution is 5.72. The first-order valence-corrected chi connectivity index (χ1v) is 5.45. The average molecular weight is 222 g/mol. The van der Waals surface area contributed by atoms with E-state index in [1.54, 1.807) is 6.92 Å². The maximum absolute atomic E-state index is 11.0. The smallest absolute Gasteiger partial charge is 0.333 e. The SMILES string of the molecule is CCO[C@@H](Cc1cc(C)ccc1C)C(=O)O. The molecule has 3 nitrogen and oxygen atoms in total. The number of rotatable bonds is 5. The van der Waals surface area contributed by atoms with Gasteiger partial charge in [0.1, 0.15) is 0 Å². The van der Waals surface area contributed by atoms with Gasteiger partial charge < -0.3 is 9.84 Å². The van der Waals surface area contributed by atoms with E-state index in [1.807, 2.05) is 32.0 Å². The lowest BCUT2D eigenvalue weighted by Crippen LogP contribution is -2.26. The van der Waals surface area contributed by atoms with Crippen LogP contribution in [-0.2, 0) is 16.0 Å². The summed E-state index contributed by atoms with van der Waals surface area (Å²) in [4.78, 5) is 11.0. The van der Waals surface area contributed by atoms with E-state index in [-0.39, 0.29) is 0 Å². The Balaban J connectivity index is 2.84. The number of aliphatic carboxylic acids is 1. The first-order chi connectivity index (χ1) is 7.54. The van der Waals surface area contributed by atoms with Crippen LogP contribution in [0.25, 0.3) is 0 Å². The lowest BCUT2D eigenvalue weighted by molar-refractivity contribution is -0.149. The molecule has 88 valence electrons. The molecule has 1 aromatic carbocycles. The van der Waals surface area contributed by atoms with E-state index in [9.17, 15) is 4.79 Å². The van der Waals surface area contributed by atoms with Gasteiger partial charge in [0, 0.05) is 13.0 Å². The molecule has 0 heterocycles. The monoisotopic (exact) mass is 222 g/mol. The van der Waals surface area contributed by atoms with E-state index in [2.05, 4.69) is 0 Å². The van der Waals surface area contributed by atoms with E-state index in [4.69, 9.17) is 9.84 Å². The van der Waals surface area contributed by atoms with Crippen molar-refractivity contribution in [1.82, 2.24) is 0 Å². The maximum Gasteiger partial charge on any atom is 0.333 e. The van der Waals surface area contributed by atoms with Crippen molar-refractivity contribution in [3.8, 4) is 0 Å². The topological polar surface area (TPSA) is 46.5 Å². The highest BCUT2D eigenvalue weighted by Gasteiger charge is 2.18. The number of hydrogen-bond acceptors (Lipinski definition) is 2. The molecule has 0 radical (unpaired) electrons. The number of hydrogen-bond donors (Lipinski definition) is 1. The van der Waals surface area contributed by atoms with Gasteiger partial charge in [0.15, 0.2) is 6.10 Å². The number of carbonyl (C=O) groups is 1. The molecular formula is C13H18O3. The number of carboxylic acids is 1. The van der Waals surface area contributed by atoms with E-state index in [0.717, 1.165) is 16.7 Å². The molecule has 0 spiro atoms. The van der Waals surface area contributed by atoms with Gasteiger partial charge in [-0.25, -0.2) is 4.79 Å². The minimum absolute atomic E-state index is 0.418. The number of aryl methyl sites for hydroxylation is 2. The summed E-state index contributed by atoms with van der Waals surface area (Å²) in [6.07, 6.45) is -0.318. The Morgan fingerprint density at radius 3 is 2.69 bits per heavy atom. The summed E-state index contributed by atoms with van der Waals surface area (Å²) >= 11 is 0. The zero-order valence-corrected chi connectivity index (χ0v) is 9.99. The molecule has 1 aromatic rings. The molecule has 1 atom stereocenters. The Hall–Kier alpha value is -1.35. The lowest BCUT2D eigenvalue weighted by atomic mass is 10.00. The van der Waals surface area contributed by atoms with Crippen molar-refractivity contribution in [2.45, 2.75) is 33.3 Å². The third kappa shape index (κ3) is 3.35. The Bertz CT molecular complexity index is 371. The van der Waals surface area contributed by atoms with E-state index in [0.29, 0.717) is 13.0 Å². The summed E-state index contributed by atoms with van der Waals surface area (Å²) in [6, 6.07) is 6.05. The third-order valence-electron chi connectivity index (χ3n) is 2.55. The molecule has 0 fully saturated rings. The predicted octanol–water partition coefficient (Wildman–Crippen LogP) is 2.34. The zero-order chi connectivity index (χ0) is 12.1. The molecule has 0 amide bonds. The highest BCUT2D eigenvalue weighted by atomic mass is 16.5. The quantitative estimate of drug-likeness (QED) is 0.831. The number of ether oxygens (including phenoxy) is 1. The summed E-state index contributed by atoms with van der Waals surface area (Å²) in [6.45, 7) is 6.21. The third-order valence-corrected chi connectivity index (χ3v) is 2.55. The van der Waals surface area contributed by atoms with Crippen LogP contribution in [0, 0.1) is 13.8 Å². The molecule has 0 aliphatic heterocycles. The van der Waals surface area contributed by atoms with E-state index < -0.39 is 12.1 Å². The Labute approximate surface area is 96.1 Å². The van der Waals surface area contributed by atoms with Crippen molar-refractivity contribution >= 4 is 5.97 Å². The largest absolute Gasteiger partial charge is 0.479 e. The molecule has 1 N–H and O–H groups in total. The van der Waals surface area contributed by atoms with Gasteiger partial charge in [-0.3, -0.25) is 0 Å². The second-order valence-electron chi connectivity index (χ2n) is 3.92. The van der Waals surface area contributed by atoms with Crippen LogP contribution in [0.1, 0.15) is 23.6 Å². The van der Waals surface area contributed by atoms with Crippen molar-refractivity contribution in [3.63, 3.8) is 0 Å². The molecule has 0 saturated carbocycles. The average Bonchev–Trinajstić information content (AvgIpc) is 2.22. The highest BCUT2D eigenvalue weighted by Crippen LogP contribution is 2.14. The fourth-order valence-corrected chi connectivity index (χ4v) is 1.64. The van der Waals surface area contributed by atoms with Crippen LogP contribution < -0.4 is 0 Å². The molecule has 0 bridgehead atoms. The number of benzene rings is 1. The molecule has 0 unspecified atom stereocenters. The summed E-state index contributed by atoms with van der Waals surface area (Å²) in [5.41, 5.74) is 3.29. The van der Waals surface area contributed by atoms with Crippen molar-refractivity contribution in [2.75, 3.05) is 6.61 Å². The summed E-state index contributed by atoms with van der Waals surface area (Å²) < 4.78 is 5.20. The fourth-order valence-electron chi connectivity index (χ4n) is 1.64. The van der Waals surface area contributed by atoms with Gasteiger partial charge in [0.05, 0.1) is 0 Å². The summed E-state index contributed by atoms with van der Waals surface area (Å²) in [7, 11) is 0. The normalized spacial score (nSPS) is 12.4. The van der Waals surface area contributed by atoms with Gasteiger partial charge in [0.2, 0.25) is 0 Å². The molecule has 0 aliphatic carbocycles. The minimum Gasteiger partial charge on any atom is -0.479 e. The number of carboxylic acid groups (broad SMARTS) is 1. The summed E-state index contributed by atoms with van der Waals surface area (Å²) in [5.74, 6) is -0.900. The molecule has 0 saturated heterocycles. The van der Waals surface area contributed by atoms with Gasteiger partial charge in [-0.2, -0.15) is 0 Å². The maximum atomic E-state index is 11.0. The summed E-state index contributed by atoms with van der Waals surface area (Å²) in [5, 5.41) is 9.00. The standard InChI is InChI=1S/C13H18O3/c1-4-16-12(13(14)15)8-11-7-9(2)5-6-10(11)3/h5-7,12H,4,8H2,1-3H3,(H,14,15)/t12-/m0/s1. The molecule has 16 heavy (non-hydrogen) atoms. The van der Waals surface area contributed by atoms with Gasteiger partial charge in [0.25, 0.3) is 0 Å². The Kier molecular flexibility index (Phi) is 4.50. The van der Waals surface area contributed by atoms with Gasteiger partial charge in [-0.05, 0) is 31.9 Å². The first kappa shape index (κ1) is 12.7. The van der Waals surface area contributed by atoms with Crippen LogP contribution in [0.4, 0.5) is 0 Å².